The number of rotatable bonds is 1. The number of nitrogen functional groups attached to an aromatic ring is 2. The van der Waals surface area contributed by atoms with Crippen molar-refractivity contribution in [3.05, 3.63) is 50.9 Å². The Labute approximate surface area is 94.3 Å². The van der Waals surface area contributed by atoms with Crippen molar-refractivity contribution in [2.75, 3.05) is 11.5 Å². The quantitative estimate of drug-likeness (QED) is 0.638. The van der Waals surface area contributed by atoms with E-state index in [4.69, 9.17) is 11.5 Å². The van der Waals surface area contributed by atoms with Crippen molar-refractivity contribution in [3.8, 4) is 5.69 Å². The van der Waals surface area contributed by atoms with Gasteiger partial charge < -0.3 is 11.5 Å². The molecule has 0 radical (unpaired) electrons. The number of H-pyrrole nitrogens is 1. The monoisotopic (exact) mass is 236 g/mol. The van der Waals surface area contributed by atoms with Crippen molar-refractivity contribution in [2.45, 2.75) is 0 Å². The van der Waals surface area contributed by atoms with Gasteiger partial charge in [0.05, 0.1) is 5.69 Å². The Balaban J connectivity index is 2.81. The Hall–Kier alpha value is -2.57. The zero-order chi connectivity index (χ0) is 12.6. The van der Waals surface area contributed by atoms with E-state index in [1.807, 2.05) is 4.98 Å². The van der Waals surface area contributed by atoms with E-state index in [0.717, 1.165) is 10.6 Å². The average Bonchev–Trinajstić information content (AvgIpc) is 2.26. The number of nitrogens with two attached hydrogens (primary N) is 2. The molecule has 7 heteroatoms. The molecule has 1 aromatic heterocycles. The van der Waals surface area contributed by atoms with Crippen LogP contribution < -0.4 is 22.7 Å². The summed E-state index contributed by atoms with van der Waals surface area (Å²) in [4.78, 5) is 24.7. The van der Waals surface area contributed by atoms with E-state index in [0.29, 0.717) is 0 Å². The molecule has 0 saturated heterocycles. The highest BCUT2D eigenvalue weighted by molar-refractivity contribution is 5.59. The van der Waals surface area contributed by atoms with Gasteiger partial charge in [-0.3, -0.25) is 9.78 Å². The molecule has 0 aliphatic heterocycles. The van der Waals surface area contributed by atoms with Gasteiger partial charge in [-0.1, -0.05) is 6.07 Å². The molecule has 0 spiro atoms. The summed E-state index contributed by atoms with van der Waals surface area (Å²) in [6.45, 7) is 0. The number of aromatic amines is 1. The van der Waals surface area contributed by atoms with Gasteiger partial charge in [-0.05, 0) is 18.2 Å². The van der Waals surface area contributed by atoms with Gasteiger partial charge in [-0.15, -0.1) is 0 Å². The zero-order valence-corrected chi connectivity index (χ0v) is 8.61. The van der Waals surface area contributed by atoms with Gasteiger partial charge in [-0.25, -0.2) is 13.8 Å². The number of halogens is 1. The first-order valence-electron chi connectivity index (χ1n) is 4.67. The Bertz CT molecular complexity index is 689. The summed E-state index contributed by atoms with van der Waals surface area (Å²) in [5.41, 5.74) is 9.34. The van der Waals surface area contributed by atoms with Gasteiger partial charge in [0.25, 0.3) is 5.56 Å². The molecule has 0 amide bonds. The van der Waals surface area contributed by atoms with E-state index in [2.05, 4.69) is 0 Å². The van der Waals surface area contributed by atoms with Crippen LogP contribution in [0.15, 0.2) is 33.9 Å². The maximum Gasteiger partial charge on any atom is 0.334 e. The molecule has 17 heavy (non-hydrogen) atoms. The lowest BCUT2D eigenvalue weighted by atomic mass is 10.3. The summed E-state index contributed by atoms with van der Waals surface area (Å²) in [6.07, 6.45) is 0. The number of benzene rings is 1. The Kier molecular flexibility index (Phi) is 2.43. The van der Waals surface area contributed by atoms with Crippen LogP contribution in [0.4, 0.5) is 15.9 Å². The molecule has 0 aliphatic rings. The van der Waals surface area contributed by atoms with Crippen LogP contribution in [-0.4, -0.2) is 9.55 Å². The highest BCUT2D eigenvalue weighted by Gasteiger charge is 2.10. The fourth-order valence-electron chi connectivity index (χ4n) is 1.44. The average molecular weight is 236 g/mol. The van der Waals surface area contributed by atoms with E-state index in [-0.39, 0.29) is 17.2 Å². The van der Waals surface area contributed by atoms with E-state index in [9.17, 15) is 14.0 Å². The molecule has 0 atom stereocenters. The number of nitrogens with one attached hydrogen (secondary N) is 1. The van der Waals surface area contributed by atoms with Gasteiger partial charge >= 0.3 is 5.69 Å². The number of hydrogen-bond donors (Lipinski definition) is 3. The van der Waals surface area contributed by atoms with Crippen molar-refractivity contribution in [2.24, 2.45) is 0 Å². The first-order chi connectivity index (χ1) is 8.00. The summed E-state index contributed by atoms with van der Waals surface area (Å²) in [5, 5.41) is 0. The lowest BCUT2D eigenvalue weighted by molar-refractivity contribution is 0.626. The van der Waals surface area contributed by atoms with E-state index in [1.165, 1.54) is 18.2 Å². The van der Waals surface area contributed by atoms with Crippen molar-refractivity contribution in [1.82, 2.24) is 9.55 Å². The van der Waals surface area contributed by atoms with Crippen molar-refractivity contribution in [1.29, 1.82) is 0 Å². The fourth-order valence-corrected chi connectivity index (χ4v) is 1.44. The van der Waals surface area contributed by atoms with E-state index < -0.39 is 17.1 Å². The highest BCUT2D eigenvalue weighted by Crippen LogP contribution is 2.13. The molecule has 0 unspecified atom stereocenters. The maximum atomic E-state index is 13.0. The molecule has 0 fully saturated rings. The molecule has 2 aromatic rings. The summed E-state index contributed by atoms with van der Waals surface area (Å²) in [6, 6.07) is 5.21. The zero-order valence-electron chi connectivity index (χ0n) is 8.61. The molecule has 1 aromatic carbocycles. The molecule has 1 heterocycles. The van der Waals surface area contributed by atoms with Gasteiger partial charge in [-0.2, -0.15) is 0 Å². The Morgan fingerprint density at radius 3 is 2.59 bits per heavy atom. The minimum absolute atomic E-state index is 0.190. The SMILES string of the molecule is Nc1c(N)n(-c2cccc(F)c2)c(=O)[nH]c1=O. The third-order valence-corrected chi connectivity index (χ3v) is 2.25. The normalized spacial score (nSPS) is 10.4. The highest BCUT2D eigenvalue weighted by atomic mass is 19.1. The molecular weight excluding hydrogens is 227 g/mol. The molecule has 0 saturated carbocycles. The largest absolute Gasteiger partial charge is 0.391 e. The second-order valence-corrected chi connectivity index (χ2v) is 3.37. The van der Waals surface area contributed by atoms with Crippen LogP contribution in [-0.2, 0) is 0 Å². The van der Waals surface area contributed by atoms with Crippen LogP contribution in [0.3, 0.4) is 0 Å². The molecule has 2 rings (SSSR count). The molecule has 88 valence electrons. The fraction of sp³-hybridized carbons (Fsp3) is 0. The second kappa shape index (κ2) is 3.78. The van der Waals surface area contributed by atoms with Gasteiger partial charge in [0.15, 0.2) is 0 Å². The predicted octanol–water partition coefficient (Wildman–Crippen LogP) is -0.171. The first kappa shape index (κ1) is 10.9. The molecule has 6 nitrogen and oxygen atoms in total. The van der Waals surface area contributed by atoms with E-state index >= 15 is 0 Å². The standard InChI is InChI=1S/C10H9FN4O2/c11-5-2-1-3-6(4-5)15-8(13)7(12)9(16)14-10(15)17/h1-4H,12-13H2,(H,14,16,17). The number of hydrogen-bond acceptors (Lipinski definition) is 4. The van der Waals surface area contributed by atoms with Crippen LogP contribution in [0.25, 0.3) is 5.69 Å². The third-order valence-electron chi connectivity index (χ3n) is 2.25. The van der Waals surface area contributed by atoms with Crippen LogP contribution in [0.5, 0.6) is 0 Å². The lowest BCUT2D eigenvalue weighted by Crippen LogP contribution is -2.32. The number of nitrogens with zero attached hydrogens (tertiary/aromatic N) is 1. The molecule has 5 N–H and O–H groups in total. The number of anilines is 2. The van der Waals surface area contributed by atoms with Gasteiger partial charge in [0.2, 0.25) is 0 Å². The topological polar surface area (TPSA) is 107 Å². The molecule has 0 aliphatic carbocycles. The molecular formula is C10H9FN4O2. The minimum atomic E-state index is -0.771. The van der Waals surface area contributed by atoms with E-state index in [1.54, 1.807) is 0 Å². The van der Waals surface area contributed by atoms with Crippen LogP contribution >= 0.6 is 0 Å². The van der Waals surface area contributed by atoms with Crippen molar-refractivity contribution < 1.29 is 4.39 Å². The lowest BCUT2D eigenvalue weighted by Gasteiger charge is -2.10. The third kappa shape index (κ3) is 1.78. The van der Waals surface area contributed by atoms with Crippen molar-refractivity contribution in [3.63, 3.8) is 0 Å². The second-order valence-electron chi connectivity index (χ2n) is 3.37. The van der Waals surface area contributed by atoms with Crippen molar-refractivity contribution >= 4 is 11.5 Å². The van der Waals surface area contributed by atoms with Crippen LogP contribution in [0.1, 0.15) is 0 Å². The molecule has 0 bridgehead atoms. The summed E-state index contributed by atoms with van der Waals surface area (Å²) >= 11 is 0. The van der Waals surface area contributed by atoms with Gasteiger partial charge in [0.1, 0.15) is 17.3 Å². The van der Waals surface area contributed by atoms with Crippen LogP contribution in [0, 0.1) is 5.82 Å². The Morgan fingerprint density at radius 1 is 1.24 bits per heavy atom. The summed E-state index contributed by atoms with van der Waals surface area (Å²) in [5.74, 6) is -0.747. The summed E-state index contributed by atoms with van der Waals surface area (Å²) < 4.78 is 14.0. The minimum Gasteiger partial charge on any atom is -0.391 e. The maximum absolute atomic E-state index is 13.0. The van der Waals surface area contributed by atoms with Gasteiger partial charge in [0, 0.05) is 0 Å². The first-order valence-corrected chi connectivity index (χ1v) is 4.67. The summed E-state index contributed by atoms with van der Waals surface area (Å²) in [7, 11) is 0. The number of aromatic nitrogens is 2. The Morgan fingerprint density at radius 2 is 1.94 bits per heavy atom. The smallest absolute Gasteiger partial charge is 0.334 e. The van der Waals surface area contributed by atoms with Crippen LogP contribution in [0.2, 0.25) is 0 Å². The predicted molar refractivity (Wildman–Crippen MR) is 61.4 cm³/mol.